The van der Waals surface area contributed by atoms with E-state index in [1.165, 1.54) is 6.07 Å². The molecule has 3 nitrogen and oxygen atoms in total. The smallest absolute Gasteiger partial charge is 0.131 e. The van der Waals surface area contributed by atoms with Crippen LogP contribution in [0, 0.1) is 11.7 Å². The van der Waals surface area contributed by atoms with Crippen molar-refractivity contribution in [2.24, 2.45) is 11.7 Å². The van der Waals surface area contributed by atoms with Gasteiger partial charge in [-0.15, -0.1) is 0 Å². The first kappa shape index (κ1) is 13.9. The fourth-order valence-electron chi connectivity index (χ4n) is 1.34. The molecule has 0 aliphatic rings. The van der Waals surface area contributed by atoms with Crippen molar-refractivity contribution >= 4 is 0 Å². The Morgan fingerprint density at radius 2 is 2.00 bits per heavy atom. The van der Waals surface area contributed by atoms with Crippen molar-refractivity contribution in [1.82, 2.24) is 0 Å². The second kappa shape index (κ2) is 5.98. The Morgan fingerprint density at radius 3 is 2.47 bits per heavy atom. The van der Waals surface area contributed by atoms with Crippen molar-refractivity contribution in [1.29, 1.82) is 0 Å². The lowest BCUT2D eigenvalue weighted by Crippen LogP contribution is -2.23. The van der Waals surface area contributed by atoms with Crippen LogP contribution in [0.15, 0.2) is 18.2 Å². The predicted octanol–water partition coefficient (Wildman–Crippen LogP) is 2.24. The zero-order chi connectivity index (χ0) is 13.0. The second-order valence-corrected chi connectivity index (χ2v) is 4.59. The van der Waals surface area contributed by atoms with Gasteiger partial charge in [0.1, 0.15) is 18.2 Å². The highest BCUT2D eigenvalue weighted by Crippen LogP contribution is 2.21. The minimum Gasteiger partial charge on any atom is -0.491 e. The van der Waals surface area contributed by atoms with E-state index >= 15 is 0 Å². The van der Waals surface area contributed by atoms with E-state index in [4.69, 9.17) is 10.5 Å². The average molecular weight is 241 g/mol. The minimum atomic E-state index is -0.550. The number of rotatable bonds is 5. The lowest BCUT2D eigenvalue weighted by atomic mass is 10.1. The van der Waals surface area contributed by atoms with E-state index in [1.54, 1.807) is 19.1 Å². The molecule has 17 heavy (non-hydrogen) atoms. The third-order valence-corrected chi connectivity index (χ3v) is 2.65. The Morgan fingerprint density at radius 1 is 1.35 bits per heavy atom. The number of benzene rings is 1. The van der Waals surface area contributed by atoms with Gasteiger partial charge in [0.2, 0.25) is 0 Å². The summed E-state index contributed by atoms with van der Waals surface area (Å²) in [4.78, 5) is 0. The quantitative estimate of drug-likeness (QED) is 0.831. The van der Waals surface area contributed by atoms with E-state index in [1.807, 2.05) is 13.8 Å². The zero-order valence-corrected chi connectivity index (χ0v) is 10.5. The van der Waals surface area contributed by atoms with Gasteiger partial charge < -0.3 is 15.6 Å². The maximum Gasteiger partial charge on any atom is 0.131 e. The van der Waals surface area contributed by atoms with Crippen LogP contribution in [0.1, 0.15) is 32.4 Å². The Balaban J connectivity index is 2.65. The van der Waals surface area contributed by atoms with Crippen LogP contribution in [0.4, 0.5) is 4.39 Å². The average Bonchev–Trinajstić information content (AvgIpc) is 2.25. The standard InChI is InChI=1S/C13H20FNO2/c1-8(2)13(16)7-17-10-4-5-11(9(3)15)12(14)6-10/h4-6,8-9,13,16H,7,15H2,1-3H3/t9-,13?/m0/s1. The molecule has 0 fully saturated rings. The number of hydrogen-bond donors (Lipinski definition) is 2. The van der Waals surface area contributed by atoms with Crippen LogP contribution < -0.4 is 10.5 Å². The van der Waals surface area contributed by atoms with Gasteiger partial charge in [-0.1, -0.05) is 19.9 Å². The van der Waals surface area contributed by atoms with Crippen molar-refractivity contribution in [3.05, 3.63) is 29.6 Å². The Bertz CT molecular complexity index is 366. The molecule has 96 valence electrons. The summed E-state index contributed by atoms with van der Waals surface area (Å²) in [6.45, 7) is 5.68. The van der Waals surface area contributed by atoms with Gasteiger partial charge >= 0.3 is 0 Å². The van der Waals surface area contributed by atoms with Crippen LogP contribution in [0.3, 0.4) is 0 Å². The second-order valence-electron chi connectivity index (χ2n) is 4.59. The van der Waals surface area contributed by atoms with E-state index in [9.17, 15) is 9.50 Å². The topological polar surface area (TPSA) is 55.5 Å². The summed E-state index contributed by atoms with van der Waals surface area (Å²) < 4.78 is 18.9. The van der Waals surface area contributed by atoms with Crippen LogP contribution in [0.25, 0.3) is 0 Å². The van der Waals surface area contributed by atoms with Crippen LogP contribution in [0.5, 0.6) is 5.75 Å². The zero-order valence-electron chi connectivity index (χ0n) is 10.5. The normalized spacial score (nSPS) is 14.8. The predicted molar refractivity (Wildman–Crippen MR) is 65.3 cm³/mol. The molecule has 0 saturated heterocycles. The molecule has 0 saturated carbocycles. The summed E-state index contributed by atoms with van der Waals surface area (Å²) >= 11 is 0. The molecule has 0 aromatic heterocycles. The lowest BCUT2D eigenvalue weighted by Gasteiger charge is -2.16. The molecular weight excluding hydrogens is 221 g/mol. The van der Waals surface area contributed by atoms with Crippen LogP contribution in [-0.2, 0) is 0 Å². The van der Waals surface area contributed by atoms with Crippen LogP contribution >= 0.6 is 0 Å². The largest absolute Gasteiger partial charge is 0.491 e. The summed E-state index contributed by atoms with van der Waals surface area (Å²) in [5.41, 5.74) is 6.07. The van der Waals surface area contributed by atoms with Gasteiger partial charge in [-0.2, -0.15) is 0 Å². The van der Waals surface area contributed by atoms with Crippen LogP contribution in [-0.4, -0.2) is 17.8 Å². The highest BCUT2D eigenvalue weighted by molar-refractivity contribution is 5.30. The fraction of sp³-hybridized carbons (Fsp3) is 0.538. The molecule has 0 aliphatic heterocycles. The Hall–Kier alpha value is -1.13. The maximum atomic E-state index is 13.6. The molecule has 1 aromatic carbocycles. The van der Waals surface area contributed by atoms with Gasteiger partial charge in [-0.25, -0.2) is 4.39 Å². The Kier molecular flexibility index (Phi) is 4.90. The van der Waals surface area contributed by atoms with E-state index < -0.39 is 6.10 Å². The first-order valence-electron chi connectivity index (χ1n) is 5.77. The van der Waals surface area contributed by atoms with Crippen molar-refractivity contribution < 1.29 is 14.2 Å². The minimum absolute atomic E-state index is 0.114. The molecule has 0 spiro atoms. The number of hydrogen-bond acceptors (Lipinski definition) is 3. The molecular formula is C13H20FNO2. The fourth-order valence-corrected chi connectivity index (χ4v) is 1.34. The van der Waals surface area contributed by atoms with Gasteiger partial charge in [0.05, 0.1) is 6.10 Å². The highest BCUT2D eigenvalue weighted by Gasteiger charge is 2.11. The Labute approximate surface area is 101 Å². The summed E-state index contributed by atoms with van der Waals surface area (Å²) in [7, 11) is 0. The highest BCUT2D eigenvalue weighted by atomic mass is 19.1. The van der Waals surface area contributed by atoms with E-state index in [2.05, 4.69) is 0 Å². The van der Waals surface area contributed by atoms with Crippen molar-refractivity contribution in [3.8, 4) is 5.75 Å². The summed E-state index contributed by atoms with van der Waals surface area (Å²) in [6, 6.07) is 4.22. The van der Waals surface area contributed by atoms with E-state index in [0.717, 1.165) is 0 Å². The number of aliphatic hydroxyl groups is 1. The third-order valence-electron chi connectivity index (χ3n) is 2.65. The molecule has 3 N–H and O–H groups in total. The number of nitrogens with two attached hydrogens (primary N) is 1. The van der Waals surface area contributed by atoms with Gasteiger partial charge in [0, 0.05) is 17.7 Å². The first-order chi connectivity index (χ1) is 7.91. The molecule has 1 aromatic rings. The molecule has 4 heteroatoms. The molecule has 0 bridgehead atoms. The molecule has 0 amide bonds. The molecule has 2 atom stereocenters. The number of aliphatic hydroxyl groups excluding tert-OH is 1. The molecule has 0 aliphatic carbocycles. The van der Waals surface area contributed by atoms with Gasteiger partial charge in [-0.05, 0) is 18.9 Å². The summed E-state index contributed by atoms with van der Waals surface area (Å²) in [5.74, 6) is 0.145. The number of halogens is 1. The number of ether oxygens (including phenoxy) is 1. The molecule has 0 heterocycles. The van der Waals surface area contributed by atoms with Crippen LogP contribution in [0.2, 0.25) is 0 Å². The monoisotopic (exact) mass is 241 g/mol. The lowest BCUT2D eigenvalue weighted by molar-refractivity contribution is 0.0700. The maximum absolute atomic E-state index is 13.6. The molecule has 1 rings (SSSR count). The SMILES string of the molecule is CC(C)C(O)COc1ccc([C@H](C)N)c(F)c1. The van der Waals surface area contributed by atoms with Gasteiger partial charge in [0.25, 0.3) is 0 Å². The van der Waals surface area contributed by atoms with Crippen molar-refractivity contribution in [2.75, 3.05) is 6.61 Å². The molecule has 0 radical (unpaired) electrons. The third kappa shape index (κ3) is 3.98. The molecule has 1 unspecified atom stereocenters. The van der Waals surface area contributed by atoms with Crippen molar-refractivity contribution in [2.45, 2.75) is 32.9 Å². The summed E-state index contributed by atoms with van der Waals surface area (Å²) in [5, 5.41) is 9.56. The van der Waals surface area contributed by atoms with E-state index in [-0.39, 0.29) is 24.4 Å². The van der Waals surface area contributed by atoms with E-state index in [0.29, 0.717) is 11.3 Å². The summed E-state index contributed by atoms with van der Waals surface area (Å²) in [6.07, 6.45) is -0.550. The first-order valence-corrected chi connectivity index (χ1v) is 5.77. The van der Waals surface area contributed by atoms with Crippen molar-refractivity contribution in [3.63, 3.8) is 0 Å². The van der Waals surface area contributed by atoms with Gasteiger partial charge in [0.15, 0.2) is 0 Å². The van der Waals surface area contributed by atoms with Gasteiger partial charge in [-0.3, -0.25) is 0 Å².